The molecule has 2 aromatic rings. The van der Waals surface area contributed by atoms with E-state index in [1.807, 2.05) is 17.8 Å². The topological polar surface area (TPSA) is 84.2 Å². The molecule has 0 saturated carbocycles. The highest BCUT2D eigenvalue weighted by Gasteiger charge is 2.16. The molecule has 0 radical (unpaired) electrons. The summed E-state index contributed by atoms with van der Waals surface area (Å²) < 4.78 is 28.8. The first-order chi connectivity index (χ1) is 9.53. The zero-order valence-corrected chi connectivity index (χ0v) is 12.7. The number of nitrogens with one attached hydrogen (secondary N) is 1. The summed E-state index contributed by atoms with van der Waals surface area (Å²) in [4.78, 5) is 5.00. The van der Waals surface area contributed by atoms with E-state index in [0.717, 1.165) is 10.7 Å². The molecule has 2 heterocycles. The SMILES string of the molecule is Cn1ccnc1CCNS(=O)(=O)c1ccc(CCO)s1. The van der Waals surface area contributed by atoms with Gasteiger partial charge >= 0.3 is 0 Å². The van der Waals surface area contributed by atoms with Gasteiger partial charge in [-0.15, -0.1) is 11.3 Å². The molecule has 0 fully saturated rings. The summed E-state index contributed by atoms with van der Waals surface area (Å²) in [5.41, 5.74) is 0. The monoisotopic (exact) mass is 315 g/mol. The van der Waals surface area contributed by atoms with Crippen LogP contribution < -0.4 is 4.72 Å². The van der Waals surface area contributed by atoms with E-state index < -0.39 is 10.0 Å². The second kappa shape index (κ2) is 6.49. The Morgan fingerprint density at radius 2 is 2.20 bits per heavy atom. The molecular formula is C12H17N3O3S2. The molecule has 0 saturated heterocycles. The van der Waals surface area contributed by atoms with Crippen molar-refractivity contribution in [3.05, 3.63) is 35.2 Å². The van der Waals surface area contributed by atoms with Crippen LogP contribution in [0.2, 0.25) is 0 Å². The number of aryl methyl sites for hydroxylation is 1. The maximum absolute atomic E-state index is 12.1. The van der Waals surface area contributed by atoms with E-state index in [9.17, 15) is 8.42 Å². The van der Waals surface area contributed by atoms with Crippen LogP contribution in [0, 0.1) is 0 Å². The summed E-state index contributed by atoms with van der Waals surface area (Å²) in [5, 5.41) is 8.84. The highest BCUT2D eigenvalue weighted by atomic mass is 32.2. The quantitative estimate of drug-likeness (QED) is 0.781. The molecule has 110 valence electrons. The van der Waals surface area contributed by atoms with Crippen LogP contribution in [0.1, 0.15) is 10.7 Å². The molecule has 0 aromatic carbocycles. The van der Waals surface area contributed by atoms with E-state index in [-0.39, 0.29) is 10.8 Å². The zero-order chi connectivity index (χ0) is 14.6. The first kappa shape index (κ1) is 15.2. The van der Waals surface area contributed by atoms with E-state index in [2.05, 4.69) is 9.71 Å². The molecule has 20 heavy (non-hydrogen) atoms. The van der Waals surface area contributed by atoms with Crippen molar-refractivity contribution in [1.29, 1.82) is 0 Å². The predicted octanol–water partition coefficient (Wildman–Crippen LogP) is 0.537. The summed E-state index contributed by atoms with van der Waals surface area (Å²) in [6, 6.07) is 3.30. The van der Waals surface area contributed by atoms with Gasteiger partial charge in [-0.1, -0.05) is 0 Å². The normalized spacial score (nSPS) is 11.9. The van der Waals surface area contributed by atoms with Gasteiger partial charge in [-0.25, -0.2) is 18.1 Å². The second-order valence-corrected chi connectivity index (χ2v) is 7.46. The molecule has 2 rings (SSSR count). The zero-order valence-electron chi connectivity index (χ0n) is 11.1. The predicted molar refractivity (Wildman–Crippen MR) is 77.2 cm³/mol. The summed E-state index contributed by atoms with van der Waals surface area (Å²) in [7, 11) is -1.60. The maximum atomic E-state index is 12.1. The van der Waals surface area contributed by atoms with Crippen molar-refractivity contribution in [2.45, 2.75) is 17.1 Å². The average Bonchev–Trinajstić information content (AvgIpc) is 3.00. The fraction of sp³-hybridized carbons (Fsp3) is 0.417. The van der Waals surface area contributed by atoms with Gasteiger partial charge in [-0.3, -0.25) is 0 Å². The Balaban J connectivity index is 1.95. The molecule has 0 aliphatic rings. The summed E-state index contributed by atoms with van der Waals surface area (Å²) in [5.74, 6) is 0.833. The van der Waals surface area contributed by atoms with Crippen molar-refractivity contribution in [1.82, 2.24) is 14.3 Å². The molecule has 2 aromatic heterocycles. The van der Waals surface area contributed by atoms with Crippen LogP contribution in [-0.2, 0) is 29.9 Å². The van der Waals surface area contributed by atoms with Gasteiger partial charge in [-0.2, -0.15) is 0 Å². The Labute approximate surface area is 122 Å². The lowest BCUT2D eigenvalue weighted by Gasteiger charge is -2.05. The number of aliphatic hydroxyl groups excluding tert-OH is 1. The molecule has 0 amide bonds. The molecule has 0 aliphatic carbocycles. The molecule has 6 nitrogen and oxygen atoms in total. The number of aliphatic hydroxyl groups is 1. The fourth-order valence-corrected chi connectivity index (χ4v) is 4.17. The van der Waals surface area contributed by atoms with E-state index >= 15 is 0 Å². The van der Waals surface area contributed by atoms with E-state index in [1.165, 1.54) is 11.3 Å². The van der Waals surface area contributed by atoms with Gasteiger partial charge in [0.25, 0.3) is 0 Å². The molecule has 0 unspecified atom stereocenters. The number of nitrogens with zero attached hydrogens (tertiary/aromatic N) is 2. The van der Waals surface area contributed by atoms with Crippen molar-refractivity contribution in [3.63, 3.8) is 0 Å². The van der Waals surface area contributed by atoms with Crippen molar-refractivity contribution >= 4 is 21.4 Å². The van der Waals surface area contributed by atoms with Crippen LogP contribution in [0.3, 0.4) is 0 Å². The first-order valence-electron chi connectivity index (χ1n) is 6.18. The van der Waals surface area contributed by atoms with Crippen LogP contribution in [0.4, 0.5) is 0 Å². The minimum atomic E-state index is -3.47. The molecule has 0 aliphatic heterocycles. The fourth-order valence-electron chi connectivity index (χ4n) is 1.75. The van der Waals surface area contributed by atoms with Crippen LogP contribution in [0.5, 0.6) is 0 Å². The first-order valence-corrected chi connectivity index (χ1v) is 8.48. The Bertz CT molecular complexity index is 661. The molecule has 0 atom stereocenters. The summed E-state index contributed by atoms with van der Waals surface area (Å²) in [6.07, 6.45) is 4.53. The van der Waals surface area contributed by atoms with Gasteiger partial charge in [0, 0.05) is 50.3 Å². The van der Waals surface area contributed by atoms with Crippen molar-refractivity contribution in [2.24, 2.45) is 7.05 Å². The molecule has 2 N–H and O–H groups in total. The highest BCUT2D eigenvalue weighted by Crippen LogP contribution is 2.21. The number of hydrogen-bond donors (Lipinski definition) is 2. The van der Waals surface area contributed by atoms with Crippen LogP contribution >= 0.6 is 11.3 Å². The number of rotatable bonds is 7. The Kier molecular flexibility index (Phi) is 4.92. The van der Waals surface area contributed by atoms with Gasteiger partial charge in [0.15, 0.2) is 0 Å². The number of hydrogen-bond acceptors (Lipinski definition) is 5. The van der Waals surface area contributed by atoms with Gasteiger partial charge in [0.2, 0.25) is 10.0 Å². The maximum Gasteiger partial charge on any atom is 0.250 e. The van der Waals surface area contributed by atoms with Crippen LogP contribution in [0.25, 0.3) is 0 Å². The van der Waals surface area contributed by atoms with E-state index in [1.54, 1.807) is 18.3 Å². The number of sulfonamides is 1. The molecule has 0 bridgehead atoms. The number of thiophene rings is 1. The molecular weight excluding hydrogens is 298 g/mol. The smallest absolute Gasteiger partial charge is 0.250 e. The van der Waals surface area contributed by atoms with Crippen LogP contribution in [0.15, 0.2) is 28.7 Å². The Morgan fingerprint density at radius 3 is 2.85 bits per heavy atom. The second-order valence-electron chi connectivity index (χ2n) is 4.30. The third-order valence-corrected chi connectivity index (χ3v) is 5.92. The lowest BCUT2D eigenvalue weighted by Crippen LogP contribution is -2.25. The van der Waals surface area contributed by atoms with Gasteiger partial charge < -0.3 is 9.67 Å². The lowest BCUT2D eigenvalue weighted by molar-refractivity contribution is 0.300. The highest BCUT2D eigenvalue weighted by molar-refractivity contribution is 7.91. The van der Waals surface area contributed by atoms with Gasteiger partial charge in [0.05, 0.1) is 0 Å². The summed E-state index contributed by atoms with van der Waals surface area (Å²) >= 11 is 1.18. The third-order valence-electron chi connectivity index (χ3n) is 2.82. The van der Waals surface area contributed by atoms with E-state index in [0.29, 0.717) is 19.4 Å². The van der Waals surface area contributed by atoms with Gasteiger partial charge in [-0.05, 0) is 12.1 Å². The number of aromatic nitrogens is 2. The van der Waals surface area contributed by atoms with Crippen molar-refractivity contribution < 1.29 is 13.5 Å². The minimum Gasteiger partial charge on any atom is -0.396 e. The van der Waals surface area contributed by atoms with Gasteiger partial charge in [0.1, 0.15) is 10.0 Å². The lowest BCUT2D eigenvalue weighted by atomic mass is 10.4. The van der Waals surface area contributed by atoms with Crippen molar-refractivity contribution in [3.8, 4) is 0 Å². The molecule has 8 heteroatoms. The Hall–Kier alpha value is -1.22. The minimum absolute atomic E-state index is 0.0204. The van der Waals surface area contributed by atoms with E-state index in [4.69, 9.17) is 5.11 Å². The molecule has 0 spiro atoms. The number of imidazole rings is 1. The third kappa shape index (κ3) is 3.66. The van der Waals surface area contributed by atoms with Crippen LogP contribution in [-0.4, -0.2) is 36.2 Å². The standard InChI is InChI=1S/C12H17N3O3S2/c1-15-8-7-13-11(15)4-6-14-20(17,18)12-3-2-10(19-12)5-9-16/h2-3,7-8,14,16H,4-6,9H2,1H3. The average molecular weight is 315 g/mol. The summed E-state index contributed by atoms with van der Waals surface area (Å²) in [6.45, 7) is 0.326. The Morgan fingerprint density at radius 1 is 1.40 bits per heavy atom. The van der Waals surface area contributed by atoms with Crippen molar-refractivity contribution in [2.75, 3.05) is 13.2 Å². The largest absolute Gasteiger partial charge is 0.396 e.